The van der Waals surface area contributed by atoms with Crippen molar-refractivity contribution >= 4 is 14.8 Å². The maximum Gasteiger partial charge on any atom is 0.500 e. The van der Waals surface area contributed by atoms with Gasteiger partial charge in [0.1, 0.15) is 0 Å². The highest BCUT2D eigenvalue weighted by Gasteiger charge is 2.36. The predicted octanol–water partition coefficient (Wildman–Crippen LogP) is -0.898. The van der Waals surface area contributed by atoms with E-state index in [1.54, 1.807) is 21.3 Å². The Morgan fingerprint density at radius 2 is 1.45 bits per heavy atom. The van der Waals surface area contributed by atoms with Crippen LogP contribution in [0, 0.1) is 0 Å². The summed E-state index contributed by atoms with van der Waals surface area (Å²) in [4.78, 5) is 10.4. The van der Waals surface area contributed by atoms with Gasteiger partial charge in [-0.3, -0.25) is 0 Å². The molecule has 0 unspecified atom stereocenters. The molecule has 0 saturated heterocycles. The highest BCUT2D eigenvalue weighted by Crippen LogP contribution is 2.14. The first-order chi connectivity index (χ1) is 9.60. The minimum atomic E-state index is -2.42. The maximum atomic E-state index is 10.4. The van der Waals surface area contributed by atoms with E-state index in [1.165, 1.54) is 0 Å². The Kier molecular flexibility index (Phi) is 11.6. The minimum Gasteiger partial charge on any atom is -0.377 e. The number of hydrogen-bond acceptors (Lipinski definition) is 6. The molecule has 0 saturated carbocycles. The quantitative estimate of drug-likeness (QED) is 0.259. The Bertz CT molecular complexity index is 246. The number of nitrogens with one attached hydrogen (secondary N) is 3. The van der Waals surface area contributed by atoms with Crippen molar-refractivity contribution in [3.05, 3.63) is 0 Å². The average Bonchev–Trinajstić information content (AvgIpc) is 2.45. The summed E-state index contributed by atoms with van der Waals surface area (Å²) in [5, 5.41) is 9.01. The topological polar surface area (TPSA) is 107 Å². The summed E-state index contributed by atoms with van der Waals surface area (Å²) >= 11 is 0. The summed E-state index contributed by atoms with van der Waals surface area (Å²) in [7, 11) is 2.44. The Hall–Kier alpha value is -0.713. The molecule has 0 aromatic heterocycles. The van der Waals surface area contributed by atoms with Crippen LogP contribution in [0.2, 0.25) is 6.04 Å². The van der Waals surface area contributed by atoms with Crippen LogP contribution in [0.1, 0.15) is 6.42 Å². The molecule has 0 fully saturated rings. The smallest absolute Gasteiger partial charge is 0.377 e. The molecule has 0 radical (unpaired) electrons. The lowest BCUT2D eigenvalue weighted by atomic mass is 10.4. The third kappa shape index (κ3) is 9.23. The second-order valence-corrected chi connectivity index (χ2v) is 7.28. The van der Waals surface area contributed by atoms with Crippen LogP contribution in [0.4, 0.5) is 4.79 Å². The number of carbonyl (C=O) groups is 1. The first-order valence-corrected chi connectivity index (χ1v) is 8.63. The van der Waals surface area contributed by atoms with E-state index in [0.717, 1.165) is 32.1 Å². The van der Waals surface area contributed by atoms with E-state index in [2.05, 4.69) is 16.0 Å². The van der Waals surface area contributed by atoms with Crippen LogP contribution < -0.4 is 21.7 Å². The fourth-order valence-corrected chi connectivity index (χ4v) is 3.41. The summed E-state index contributed by atoms with van der Waals surface area (Å²) in [6, 6.07) is 0.298. The van der Waals surface area contributed by atoms with Gasteiger partial charge in [0.2, 0.25) is 0 Å². The molecule has 120 valence electrons. The molecule has 0 aliphatic heterocycles. The Balaban J connectivity index is 3.38. The fourth-order valence-electron chi connectivity index (χ4n) is 1.69. The predicted molar refractivity (Wildman–Crippen MR) is 79.5 cm³/mol. The van der Waals surface area contributed by atoms with Crippen LogP contribution >= 0.6 is 0 Å². The Labute approximate surface area is 122 Å². The van der Waals surface area contributed by atoms with Gasteiger partial charge in [-0.25, -0.2) is 4.79 Å². The average molecular weight is 308 g/mol. The van der Waals surface area contributed by atoms with E-state index in [-0.39, 0.29) is 0 Å². The summed E-state index contributed by atoms with van der Waals surface area (Å²) in [5.41, 5.74) is 4.94. The van der Waals surface area contributed by atoms with Gasteiger partial charge in [-0.2, -0.15) is 0 Å². The Morgan fingerprint density at radius 1 is 0.950 bits per heavy atom. The lowest BCUT2D eigenvalue weighted by Crippen LogP contribution is -2.43. The van der Waals surface area contributed by atoms with Gasteiger partial charge < -0.3 is 35.0 Å². The second kappa shape index (κ2) is 12.1. The lowest BCUT2D eigenvalue weighted by Gasteiger charge is -2.24. The molecule has 0 spiro atoms. The molecule has 2 amide bonds. The highest BCUT2D eigenvalue weighted by molar-refractivity contribution is 6.60. The van der Waals surface area contributed by atoms with Crippen LogP contribution in [0.5, 0.6) is 0 Å². The molecule has 0 rings (SSSR count). The molecule has 0 atom stereocenters. The van der Waals surface area contributed by atoms with Crippen LogP contribution in [0.25, 0.3) is 0 Å². The third-order valence-electron chi connectivity index (χ3n) is 2.85. The first kappa shape index (κ1) is 19.3. The number of nitrogens with two attached hydrogens (primary N) is 1. The van der Waals surface area contributed by atoms with Crippen molar-refractivity contribution in [2.75, 3.05) is 54.1 Å². The minimum absolute atomic E-state index is 0.494. The van der Waals surface area contributed by atoms with Gasteiger partial charge in [0.25, 0.3) is 0 Å². The van der Waals surface area contributed by atoms with E-state index in [0.29, 0.717) is 13.1 Å². The van der Waals surface area contributed by atoms with E-state index >= 15 is 0 Å². The molecule has 5 N–H and O–H groups in total. The molecular weight excluding hydrogens is 280 g/mol. The monoisotopic (exact) mass is 308 g/mol. The van der Waals surface area contributed by atoms with Gasteiger partial charge in [0, 0.05) is 53.6 Å². The van der Waals surface area contributed by atoms with Crippen LogP contribution in [0.15, 0.2) is 0 Å². The second-order valence-electron chi connectivity index (χ2n) is 4.19. The number of hydrogen-bond donors (Lipinski definition) is 4. The van der Waals surface area contributed by atoms with E-state index in [9.17, 15) is 4.79 Å². The van der Waals surface area contributed by atoms with Crippen molar-refractivity contribution in [1.82, 2.24) is 16.0 Å². The van der Waals surface area contributed by atoms with Crippen molar-refractivity contribution in [2.45, 2.75) is 12.5 Å². The zero-order valence-electron chi connectivity index (χ0n) is 12.7. The molecule has 9 heteroatoms. The normalized spacial score (nSPS) is 11.6. The van der Waals surface area contributed by atoms with Crippen molar-refractivity contribution in [3.63, 3.8) is 0 Å². The molecule has 0 aromatic carbocycles. The van der Waals surface area contributed by atoms with Gasteiger partial charge >= 0.3 is 14.8 Å². The van der Waals surface area contributed by atoms with Gasteiger partial charge in [0.15, 0.2) is 0 Å². The summed E-state index contributed by atoms with van der Waals surface area (Å²) in [6.45, 7) is 3.82. The third-order valence-corrected chi connectivity index (χ3v) is 5.68. The van der Waals surface area contributed by atoms with Crippen LogP contribution in [-0.2, 0) is 13.3 Å². The summed E-state index contributed by atoms with van der Waals surface area (Å²) in [5.74, 6) is 0. The van der Waals surface area contributed by atoms with E-state index in [4.69, 9.17) is 19.0 Å². The summed E-state index contributed by atoms with van der Waals surface area (Å²) in [6.07, 6.45) is 0.935. The van der Waals surface area contributed by atoms with E-state index < -0.39 is 14.8 Å². The largest absolute Gasteiger partial charge is 0.500 e. The number of carbonyl (C=O) groups excluding carboxylic acids is 1. The zero-order valence-corrected chi connectivity index (χ0v) is 13.7. The molecule has 0 heterocycles. The fraction of sp³-hybridized carbons (Fsp3) is 0.909. The van der Waals surface area contributed by atoms with Crippen molar-refractivity contribution in [1.29, 1.82) is 0 Å². The molecule has 0 aliphatic rings. The number of primary amides is 1. The highest BCUT2D eigenvalue weighted by atomic mass is 28.4. The van der Waals surface area contributed by atoms with Gasteiger partial charge in [0.05, 0.1) is 0 Å². The van der Waals surface area contributed by atoms with Crippen molar-refractivity contribution in [3.8, 4) is 0 Å². The van der Waals surface area contributed by atoms with Gasteiger partial charge in [-0.05, 0) is 13.0 Å². The number of rotatable bonds is 13. The van der Waals surface area contributed by atoms with Crippen molar-refractivity contribution < 1.29 is 18.1 Å². The van der Waals surface area contributed by atoms with E-state index in [1.807, 2.05) is 0 Å². The molecule has 0 aliphatic carbocycles. The summed E-state index contributed by atoms with van der Waals surface area (Å²) < 4.78 is 16.0. The van der Waals surface area contributed by atoms with Crippen molar-refractivity contribution in [2.24, 2.45) is 5.73 Å². The lowest BCUT2D eigenvalue weighted by molar-refractivity contribution is 0.123. The molecular formula is C11H28N4O4Si. The molecule has 8 nitrogen and oxygen atoms in total. The van der Waals surface area contributed by atoms with Gasteiger partial charge in [-0.15, -0.1) is 0 Å². The Morgan fingerprint density at radius 3 is 1.95 bits per heavy atom. The molecule has 20 heavy (non-hydrogen) atoms. The standard InChI is InChI=1S/C11H28N4O4Si/c1-17-20(18-2,19-3)10-4-5-13-6-7-14-8-9-15-11(12)16/h13-14H,4-10H2,1-3H3,(H3,12,15,16). The van der Waals surface area contributed by atoms with Gasteiger partial charge in [-0.1, -0.05) is 0 Å². The van der Waals surface area contributed by atoms with Crippen LogP contribution in [-0.4, -0.2) is 68.9 Å². The maximum absolute atomic E-state index is 10.4. The molecule has 0 aromatic rings. The van der Waals surface area contributed by atoms with Crippen LogP contribution in [0.3, 0.4) is 0 Å². The number of urea groups is 1. The number of amides is 2. The SMILES string of the molecule is CO[Si](CCCNCCNCCNC(N)=O)(OC)OC. The molecule has 0 bridgehead atoms. The first-order valence-electron chi connectivity index (χ1n) is 6.70. The zero-order chi connectivity index (χ0) is 15.3.